The molecule has 2 heterocycles. The van der Waals surface area contributed by atoms with Crippen molar-refractivity contribution in [1.82, 2.24) is 4.98 Å². The minimum atomic E-state index is -0.362. The van der Waals surface area contributed by atoms with E-state index in [9.17, 15) is 0 Å². The Bertz CT molecular complexity index is 2580. The highest BCUT2D eigenvalue weighted by molar-refractivity contribution is 6.21. The maximum Gasteiger partial charge on any atom is 0.156 e. The monoisotopic (exact) mass is 641 g/mol. The predicted molar refractivity (Wildman–Crippen MR) is 205 cm³/mol. The summed E-state index contributed by atoms with van der Waals surface area (Å²) in [6, 6.07) is 48.9. The molecular weight excluding hydrogens is 607 g/mol. The van der Waals surface area contributed by atoms with E-state index in [1.807, 2.05) is 18.5 Å². The molecule has 4 aliphatic rings. The largest absolute Gasteiger partial charge is 0.264 e. The first-order valence-corrected chi connectivity index (χ1v) is 18.1. The van der Waals surface area contributed by atoms with Crippen LogP contribution < -0.4 is 0 Å². The highest BCUT2D eigenvalue weighted by atomic mass is 15.1. The second-order valence-corrected chi connectivity index (χ2v) is 14.7. The molecule has 238 valence electrons. The molecule has 0 N–H and O–H groups in total. The molecule has 4 unspecified atom stereocenters. The van der Waals surface area contributed by atoms with Gasteiger partial charge in [-0.15, -0.1) is 0 Å². The number of fused-ring (bicyclic) bond motifs is 7. The number of pyridine rings is 1. The van der Waals surface area contributed by atoms with Gasteiger partial charge in [-0.05, 0) is 128 Å². The van der Waals surface area contributed by atoms with Gasteiger partial charge in [0.25, 0.3) is 0 Å². The Morgan fingerprint density at radius 3 is 2.32 bits per heavy atom. The molecular formula is C47H35N3. The summed E-state index contributed by atoms with van der Waals surface area (Å²) in [4.78, 5) is 15.7. The summed E-state index contributed by atoms with van der Waals surface area (Å²) in [7, 11) is 0. The number of aliphatic imine (C=N–C) groups is 2. The molecule has 7 aromatic rings. The zero-order valence-corrected chi connectivity index (χ0v) is 27.8. The number of aryl methyl sites for hydroxylation is 1. The second kappa shape index (κ2) is 10.7. The highest BCUT2D eigenvalue weighted by Gasteiger charge is 2.60. The number of benzene rings is 6. The maximum absolute atomic E-state index is 5.70. The lowest BCUT2D eigenvalue weighted by Gasteiger charge is -2.24. The van der Waals surface area contributed by atoms with Crippen molar-refractivity contribution in [3.8, 4) is 22.3 Å². The molecule has 0 radical (unpaired) electrons. The van der Waals surface area contributed by atoms with E-state index in [-0.39, 0.29) is 11.5 Å². The van der Waals surface area contributed by atoms with Crippen LogP contribution in [0.3, 0.4) is 0 Å². The Kier molecular flexibility index (Phi) is 6.01. The van der Waals surface area contributed by atoms with Crippen LogP contribution in [0.1, 0.15) is 53.0 Å². The minimum absolute atomic E-state index is 0.203. The van der Waals surface area contributed by atoms with Gasteiger partial charge in [0, 0.05) is 23.9 Å². The van der Waals surface area contributed by atoms with Crippen LogP contribution in [0.25, 0.3) is 43.8 Å². The van der Waals surface area contributed by atoms with Gasteiger partial charge in [0.2, 0.25) is 0 Å². The van der Waals surface area contributed by atoms with E-state index in [4.69, 9.17) is 9.98 Å². The van der Waals surface area contributed by atoms with Gasteiger partial charge in [-0.1, -0.05) is 109 Å². The van der Waals surface area contributed by atoms with Gasteiger partial charge in [-0.3, -0.25) is 9.98 Å². The second-order valence-electron chi connectivity index (χ2n) is 14.7. The Hall–Kier alpha value is -5.67. The van der Waals surface area contributed by atoms with Crippen LogP contribution in [0.5, 0.6) is 0 Å². The first-order valence-electron chi connectivity index (χ1n) is 18.1. The molecule has 11 rings (SSSR count). The third-order valence-electron chi connectivity index (χ3n) is 11.9. The van der Waals surface area contributed by atoms with E-state index < -0.39 is 0 Å². The number of rotatable bonds is 5. The smallest absolute Gasteiger partial charge is 0.156 e. The van der Waals surface area contributed by atoms with Gasteiger partial charge in [-0.2, -0.15) is 0 Å². The number of amidine groups is 1. The summed E-state index contributed by atoms with van der Waals surface area (Å²) in [6.45, 7) is 0. The van der Waals surface area contributed by atoms with Crippen molar-refractivity contribution < 1.29 is 0 Å². The van der Waals surface area contributed by atoms with Gasteiger partial charge >= 0.3 is 0 Å². The molecule has 2 saturated carbocycles. The number of nitrogens with zero attached hydrogens (tertiary/aromatic N) is 3. The summed E-state index contributed by atoms with van der Waals surface area (Å²) in [5.74, 6) is 2.66. The number of aromatic nitrogens is 1. The predicted octanol–water partition coefficient (Wildman–Crippen LogP) is 10.9. The fourth-order valence-corrected chi connectivity index (χ4v) is 9.25. The highest BCUT2D eigenvalue weighted by Crippen LogP contribution is 2.60. The Morgan fingerprint density at radius 2 is 1.40 bits per heavy atom. The van der Waals surface area contributed by atoms with E-state index in [2.05, 4.69) is 132 Å². The molecule has 3 aliphatic carbocycles. The van der Waals surface area contributed by atoms with E-state index >= 15 is 0 Å². The summed E-state index contributed by atoms with van der Waals surface area (Å²) >= 11 is 0. The molecule has 1 aromatic heterocycles. The summed E-state index contributed by atoms with van der Waals surface area (Å²) < 4.78 is 0. The lowest BCUT2D eigenvalue weighted by Crippen LogP contribution is -2.23. The van der Waals surface area contributed by atoms with Crippen LogP contribution >= 0.6 is 0 Å². The normalized spacial score (nSPS) is 23.0. The first-order chi connectivity index (χ1) is 24.7. The van der Waals surface area contributed by atoms with Crippen LogP contribution in [0.4, 0.5) is 0 Å². The maximum atomic E-state index is 5.70. The molecule has 4 atom stereocenters. The molecule has 50 heavy (non-hydrogen) atoms. The van der Waals surface area contributed by atoms with Crippen molar-refractivity contribution in [2.75, 3.05) is 0 Å². The molecule has 3 heteroatoms. The lowest BCUT2D eigenvalue weighted by molar-refractivity contribution is 0.670. The first kappa shape index (κ1) is 28.2. The third-order valence-corrected chi connectivity index (χ3v) is 11.9. The molecule has 0 saturated heterocycles. The van der Waals surface area contributed by atoms with Crippen LogP contribution in [-0.2, 0) is 12.0 Å². The zero-order valence-electron chi connectivity index (χ0n) is 27.8. The van der Waals surface area contributed by atoms with E-state index in [0.717, 1.165) is 41.8 Å². The average Bonchev–Trinajstić information content (AvgIpc) is 4.12. The summed E-state index contributed by atoms with van der Waals surface area (Å²) in [5, 5.41) is 5.21. The van der Waals surface area contributed by atoms with E-state index in [0.29, 0.717) is 0 Å². The molecule has 0 amide bonds. The summed E-state index contributed by atoms with van der Waals surface area (Å²) in [6.07, 6.45) is 8.51. The molecule has 0 bridgehead atoms. The fourth-order valence-electron chi connectivity index (χ4n) is 9.25. The van der Waals surface area contributed by atoms with Crippen molar-refractivity contribution in [2.24, 2.45) is 21.8 Å². The third kappa shape index (κ3) is 4.32. The Balaban J connectivity index is 1.10. The quantitative estimate of drug-likeness (QED) is 0.184. The van der Waals surface area contributed by atoms with E-state index in [1.54, 1.807) is 5.56 Å². The number of hydrogen-bond donors (Lipinski definition) is 0. The van der Waals surface area contributed by atoms with Crippen molar-refractivity contribution in [2.45, 2.75) is 37.1 Å². The molecule has 0 spiro atoms. The minimum Gasteiger partial charge on any atom is -0.264 e. The van der Waals surface area contributed by atoms with Crippen molar-refractivity contribution in [3.05, 3.63) is 174 Å². The van der Waals surface area contributed by atoms with Crippen LogP contribution in [0.2, 0.25) is 0 Å². The number of hydrogen-bond acceptors (Lipinski definition) is 3. The van der Waals surface area contributed by atoms with Crippen LogP contribution in [0, 0.1) is 11.8 Å². The zero-order chi connectivity index (χ0) is 32.8. The van der Waals surface area contributed by atoms with Gasteiger partial charge in [-0.25, -0.2) is 4.99 Å². The lowest BCUT2D eigenvalue weighted by atomic mass is 9.85. The van der Waals surface area contributed by atoms with Gasteiger partial charge in [0.05, 0.1) is 11.3 Å². The van der Waals surface area contributed by atoms with Gasteiger partial charge in [0.1, 0.15) is 0 Å². The van der Waals surface area contributed by atoms with Gasteiger partial charge in [0.15, 0.2) is 5.84 Å². The standard InChI is InChI=1S/C47H35N3/c1-2-16-37-29(9-1)10-7-19-38(37)31-12-5-13-34(23-31)45-43-27-47(43,36-15-6-11-30(24-36)35-14-8-22-48-28-35)50-46(49-45)42-26-33-21-20-32-25-41(32)44(33)40-18-4-3-17-39(40)42/h1-19,22-24,26,28,32,41,43H,20-21,25,27H2. The van der Waals surface area contributed by atoms with E-state index in [1.165, 1.54) is 73.3 Å². The average molecular weight is 642 g/mol. The Labute approximate surface area is 292 Å². The SMILES string of the molecule is c1cncc(-c2cccc(C34CC3C(c3cccc(-c5cccc6ccccc56)c3)=NC(c3cc5c(c6ccccc36)C3CC3CC5)=N4)c2)c1. The van der Waals surface area contributed by atoms with Gasteiger partial charge < -0.3 is 0 Å². The van der Waals surface area contributed by atoms with Crippen LogP contribution in [0.15, 0.2) is 156 Å². The molecule has 3 nitrogen and oxygen atoms in total. The van der Waals surface area contributed by atoms with Crippen molar-refractivity contribution >= 4 is 33.1 Å². The Morgan fingerprint density at radius 1 is 0.620 bits per heavy atom. The van der Waals surface area contributed by atoms with Crippen molar-refractivity contribution in [1.29, 1.82) is 0 Å². The fraction of sp³-hybridized carbons (Fsp3) is 0.170. The van der Waals surface area contributed by atoms with Crippen LogP contribution in [-0.4, -0.2) is 16.5 Å². The van der Waals surface area contributed by atoms with Crippen molar-refractivity contribution in [3.63, 3.8) is 0 Å². The topological polar surface area (TPSA) is 37.6 Å². The summed E-state index contributed by atoms with van der Waals surface area (Å²) in [5.41, 5.74) is 12.2. The molecule has 6 aromatic carbocycles. The molecule has 1 aliphatic heterocycles. The molecule has 2 fully saturated rings.